The third-order valence-electron chi connectivity index (χ3n) is 2.00. The predicted octanol–water partition coefficient (Wildman–Crippen LogP) is 1.80. The van der Waals surface area contributed by atoms with Gasteiger partial charge in [-0.05, 0) is 25.3 Å². The van der Waals surface area contributed by atoms with Gasteiger partial charge in [0.05, 0.1) is 0 Å². The van der Waals surface area contributed by atoms with E-state index in [-0.39, 0.29) is 5.69 Å². The molecule has 0 atom stereocenters. The Bertz CT molecular complexity index is 329. The van der Waals surface area contributed by atoms with Gasteiger partial charge in [-0.1, -0.05) is 13.8 Å². The summed E-state index contributed by atoms with van der Waals surface area (Å²) in [5.74, 6) is -0.444. The number of aromatic carboxylic acids is 1. The highest BCUT2D eigenvalue weighted by Crippen LogP contribution is 2.10. The molecule has 14 heavy (non-hydrogen) atoms. The van der Waals surface area contributed by atoms with Gasteiger partial charge in [0.2, 0.25) is 0 Å². The van der Waals surface area contributed by atoms with Crippen molar-refractivity contribution in [3.8, 4) is 0 Å². The van der Waals surface area contributed by atoms with Crippen LogP contribution in [0.3, 0.4) is 0 Å². The normalized spacial score (nSPS) is 10.9. The van der Waals surface area contributed by atoms with E-state index in [1.54, 1.807) is 10.7 Å². The number of hydrogen-bond acceptors (Lipinski definition) is 2. The number of rotatable bonds is 4. The van der Waals surface area contributed by atoms with Gasteiger partial charge in [-0.25, -0.2) is 4.79 Å². The predicted molar refractivity (Wildman–Crippen MR) is 53.4 cm³/mol. The summed E-state index contributed by atoms with van der Waals surface area (Å²) in [7, 11) is 0. The second-order valence-corrected chi connectivity index (χ2v) is 3.74. The molecule has 1 aromatic heterocycles. The number of hydrogen-bond donors (Lipinski definition) is 1. The third-order valence-corrected chi connectivity index (χ3v) is 2.00. The molecule has 0 amide bonds. The van der Waals surface area contributed by atoms with E-state index in [1.807, 2.05) is 6.92 Å². The van der Waals surface area contributed by atoms with Gasteiger partial charge in [-0.3, -0.25) is 4.68 Å². The summed E-state index contributed by atoms with van der Waals surface area (Å²) in [4.78, 5) is 10.7. The number of aryl methyl sites for hydroxylation is 1. The van der Waals surface area contributed by atoms with Gasteiger partial charge in [-0.2, -0.15) is 5.10 Å². The van der Waals surface area contributed by atoms with E-state index in [2.05, 4.69) is 18.9 Å². The van der Waals surface area contributed by atoms with Crippen molar-refractivity contribution in [2.45, 2.75) is 33.7 Å². The first kappa shape index (κ1) is 10.8. The van der Waals surface area contributed by atoms with Crippen LogP contribution in [0.2, 0.25) is 0 Å². The smallest absolute Gasteiger partial charge is 0.356 e. The Kier molecular flexibility index (Phi) is 3.28. The van der Waals surface area contributed by atoms with Gasteiger partial charge < -0.3 is 5.11 Å². The number of carboxylic acids is 1. The van der Waals surface area contributed by atoms with Crippen molar-refractivity contribution in [1.82, 2.24) is 9.78 Å². The Labute approximate surface area is 83.5 Å². The molecule has 1 heterocycles. The van der Waals surface area contributed by atoms with Crippen molar-refractivity contribution in [3.05, 3.63) is 17.5 Å². The van der Waals surface area contributed by atoms with Crippen molar-refractivity contribution >= 4 is 5.97 Å². The minimum atomic E-state index is -0.956. The minimum Gasteiger partial charge on any atom is -0.476 e. The zero-order valence-electron chi connectivity index (χ0n) is 8.82. The maximum atomic E-state index is 10.7. The quantitative estimate of drug-likeness (QED) is 0.798. The minimum absolute atomic E-state index is 0.141. The van der Waals surface area contributed by atoms with E-state index in [4.69, 9.17) is 5.11 Å². The summed E-state index contributed by atoms with van der Waals surface area (Å²) in [6, 6.07) is 1.66. The van der Waals surface area contributed by atoms with E-state index >= 15 is 0 Å². The lowest BCUT2D eigenvalue weighted by Gasteiger charge is -2.05. The van der Waals surface area contributed by atoms with E-state index in [1.165, 1.54) is 0 Å². The van der Waals surface area contributed by atoms with Crippen LogP contribution in [0.5, 0.6) is 0 Å². The molecule has 4 heteroatoms. The standard InChI is InChI=1S/C10H16N2O2/c1-4-12-8(5-7(2)3)6-9(11-12)10(13)14/h6-7H,4-5H2,1-3H3,(H,13,14). The highest BCUT2D eigenvalue weighted by Gasteiger charge is 2.12. The van der Waals surface area contributed by atoms with E-state index < -0.39 is 5.97 Å². The summed E-state index contributed by atoms with van der Waals surface area (Å²) in [5, 5.41) is 12.8. The molecule has 1 aromatic rings. The SMILES string of the molecule is CCn1nc(C(=O)O)cc1CC(C)C. The Morgan fingerprint density at radius 1 is 1.64 bits per heavy atom. The van der Waals surface area contributed by atoms with Crippen LogP contribution in [0.4, 0.5) is 0 Å². The zero-order chi connectivity index (χ0) is 10.7. The van der Waals surface area contributed by atoms with Crippen molar-refractivity contribution in [3.63, 3.8) is 0 Å². The fraction of sp³-hybridized carbons (Fsp3) is 0.600. The molecule has 0 aliphatic rings. The molecule has 1 N–H and O–H groups in total. The molecular weight excluding hydrogens is 180 g/mol. The Hall–Kier alpha value is -1.32. The first-order valence-electron chi connectivity index (χ1n) is 4.84. The fourth-order valence-corrected chi connectivity index (χ4v) is 1.42. The highest BCUT2D eigenvalue weighted by molar-refractivity contribution is 5.85. The number of nitrogens with zero attached hydrogens (tertiary/aromatic N) is 2. The molecule has 0 aliphatic carbocycles. The Morgan fingerprint density at radius 3 is 2.71 bits per heavy atom. The van der Waals surface area contributed by atoms with Gasteiger partial charge in [-0.15, -0.1) is 0 Å². The van der Waals surface area contributed by atoms with Gasteiger partial charge in [0.25, 0.3) is 0 Å². The van der Waals surface area contributed by atoms with Crippen LogP contribution in [0.15, 0.2) is 6.07 Å². The number of carbonyl (C=O) groups is 1. The van der Waals surface area contributed by atoms with Crippen LogP contribution in [0.25, 0.3) is 0 Å². The molecule has 0 unspecified atom stereocenters. The van der Waals surface area contributed by atoms with Gasteiger partial charge in [0.15, 0.2) is 5.69 Å². The van der Waals surface area contributed by atoms with Crippen LogP contribution in [0, 0.1) is 5.92 Å². The molecule has 0 saturated carbocycles. The van der Waals surface area contributed by atoms with Crippen molar-refractivity contribution in [2.24, 2.45) is 5.92 Å². The summed E-state index contributed by atoms with van der Waals surface area (Å²) in [6.45, 7) is 6.89. The molecule has 4 nitrogen and oxygen atoms in total. The van der Waals surface area contributed by atoms with Crippen molar-refractivity contribution < 1.29 is 9.90 Å². The molecule has 1 rings (SSSR count). The topological polar surface area (TPSA) is 55.1 Å². The molecule has 0 fully saturated rings. The summed E-state index contributed by atoms with van der Waals surface area (Å²) >= 11 is 0. The largest absolute Gasteiger partial charge is 0.476 e. The van der Waals surface area contributed by atoms with Crippen LogP contribution in [-0.2, 0) is 13.0 Å². The van der Waals surface area contributed by atoms with Crippen LogP contribution >= 0.6 is 0 Å². The average Bonchev–Trinajstić information content (AvgIpc) is 2.46. The highest BCUT2D eigenvalue weighted by atomic mass is 16.4. The molecule has 0 bridgehead atoms. The number of carboxylic acid groups (broad SMARTS) is 1. The lowest BCUT2D eigenvalue weighted by atomic mass is 10.1. The number of aromatic nitrogens is 2. The zero-order valence-corrected chi connectivity index (χ0v) is 8.82. The summed E-state index contributed by atoms with van der Waals surface area (Å²) < 4.78 is 1.75. The molecule has 0 spiro atoms. The average molecular weight is 196 g/mol. The van der Waals surface area contributed by atoms with Crippen LogP contribution in [0.1, 0.15) is 37.0 Å². The van der Waals surface area contributed by atoms with E-state index in [0.717, 1.165) is 18.7 Å². The molecule has 0 radical (unpaired) electrons. The molecule has 0 aromatic carbocycles. The monoisotopic (exact) mass is 196 g/mol. The molecule has 0 aliphatic heterocycles. The van der Waals surface area contributed by atoms with Crippen LogP contribution in [-0.4, -0.2) is 20.9 Å². The lowest BCUT2D eigenvalue weighted by molar-refractivity contribution is 0.0689. The first-order valence-corrected chi connectivity index (χ1v) is 4.84. The van der Waals surface area contributed by atoms with Gasteiger partial charge in [0, 0.05) is 12.2 Å². The lowest BCUT2D eigenvalue weighted by Crippen LogP contribution is -2.06. The van der Waals surface area contributed by atoms with Crippen molar-refractivity contribution in [1.29, 1.82) is 0 Å². The molecule has 0 saturated heterocycles. The maximum Gasteiger partial charge on any atom is 0.356 e. The maximum absolute atomic E-state index is 10.7. The Morgan fingerprint density at radius 2 is 2.29 bits per heavy atom. The summed E-state index contributed by atoms with van der Waals surface area (Å²) in [5.41, 5.74) is 1.14. The van der Waals surface area contributed by atoms with E-state index in [9.17, 15) is 4.79 Å². The first-order chi connectivity index (χ1) is 6.54. The molecular formula is C10H16N2O2. The Balaban J connectivity index is 2.96. The second-order valence-electron chi connectivity index (χ2n) is 3.74. The third kappa shape index (κ3) is 2.34. The fourth-order valence-electron chi connectivity index (χ4n) is 1.42. The van der Waals surface area contributed by atoms with Crippen molar-refractivity contribution in [2.75, 3.05) is 0 Å². The summed E-state index contributed by atoms with van der Waals surface area (Å²) in [6.07, 6.45) is 0.869. The van der Waals surface area contributed by atoms with Gasteiger partial charge >= 0.3 is 5.97 Å². The second kappa shape index (κ2) is 4.26. The van der Waals surface area contributed by atoms with E-state index in [0.29, 0.717) is 5.92 Å². The molecule has 78 valence electrons. The van der Waals surface area contributed by atoms with Crippen LogP contribution < -0.4 is 0 Å². The van der Waals surface area contributed by atoms with Gasteiger partial charge in [0.1, 0.15) is 0 Å².